The Morgan fingerprint density at radius 2 is 1.68 bits per heavy atom. The lowest BCUT2D eigenvalue weighted by Crippen LogP contribution is -2.47. The number of hydrogen-bond acceptors (Lipinski definition) is 4. The number of nitrogens with zero attached hydrogens (tertiary/aromatic N) is 4. The molecule has 7 heteroatoms. The number of aromatic nitrogens is 2. The summed E-state index contributed by atoms with van der Waals surface area (Å²) in [5.74, 6) is -1.05. The van der Waals surface area contributed by atoms with Crippen molar-refractivity contribution in [1.82, 2.24) is 14.7 Å². The molecule has 5 nitrogen and oxygen atoms in total. The molecule has 4 rings (SSSR count). The highest BCUT2D eigenvalue weighted by Crippen LogP contribution is 2.21. The number of anilines is 1. The maximum absolute atomic E-state index is 13.5. The second kappa shape index (κ2) is 8.98. The molecule has 1 aromatic heterocycles. The van der Waals surface area contributed by atoms with Crippen LogP contribution in [-0.2, 0) is 0 Å². The van der Waals surface area contributed by atoms with E-state index in [-0.39, 0.29) is 5.78 Å². The summed E-state index contributed by atoms with van der Waals surface area (Å²) in [7, 11) is 0. The SMILES string of the molecule is Cc1ccccc1-n1ncc(C(=O)CCN2CCN(c3cc(F)cc(F)c3)CC2)c1C. The molecular formula is C24H26F2N4O. The third kappa shape index (κ3) is 4.66. The van der Waals surface area contributed by atoms with Gasteiger partial charge >= 0.3 is 0 Å². The smallest absolute Gasteiger partial charge is 0.167 e. The summed E-state index contributed by atoms with van der Waals surface area (Å²) in [4.78, 5) is 17.0. The summed E-state index contributed by atoms with van der Waals surface area (Å²) in [5, 5.41) is 4.43. The summed E-state index contributed by atoms with van der Waals surface area (Å²) in [6.07, 6.45) is 2.06. The van der Waals surface area contributed by atoms with Gasteiger partial charge in [-0.15, -0.1) is 0 Å². The monoisotopic (exact) mass is 424 g/mol. The van der Waals surface area contributed by atoms with E-state index >= 15 is 0 Å². The molecule has 1 saturated heterocycles. The predicted molar refractivity (Wildman–Crippen MR) is 117 cm³/mol. The molecule has 31 heavy (non-hydrogen) atoms. The lowest BCUT2D eigenvalue weighted by Gasteiger charge is -2.36. The first kappa shape index (κ1) is 21.2. The standard InChI is InChI=1S/C24H26F2N4O/c1-17-5-3-4-6-23(17)30-18(2)22(16-27-30)24(31)7-8-28-9-11-29(12-10-28)21-14-19(25)13-20(26)15-21/h3-6,13-16H,7-12H2,1-2H3. The quantitative estimate of drug-likeness (QED) is 0.557. The van der Waals surface area contributed by atoms with E-state index in [0.29, 0.717) is 37.3 Å². The van der Waals surface area contributed by atoms with E-state index in [4.69, 9.17) is 0 Å². The predicted octanol–water partition coefficient (Wildman–Crippen LogP) is 4.16. The van der Waals surface area contributed by atoms with Gasteiger partial charge in [-0.3, -0.25) is 9.69 Å². The van der Waals surface area contributed by atoms with E-state index in [1.807, 2.05) is 47.7 Å². The number of Topliss-reactive ketones (excluding diaryl/α,β-unsaturated/α-hetero) is 1. The average Bonchev–Trinajstić information content (AvgIpc) is 3.13. The largest absolute Gasteiger partial charge is 0.369 e. The van der Waals surface area contributed by atoms with Crippen LogP contribution in [0.3, 0.4) is 0 Å². The van der Waals surface area contributed by atoms with Crippen molar-refractivity contribution < 1.29 is 13.6 Å². The van der Waals surface area contributed by atoms with Crippen LogP contribution in [0.15, 0.2) is 48.7 Å². The minimum Gasteiger partial charge on any atom is -0.369 e. The Labute approximate surface area is 180 Å². The molecule has 0 radical (unpaired) electrons. The van der Waals surface area contributed by atoms with Crippen molar-refractivity contribution >= 4 is 11.5 Å². The normalized spacial score (nSPS) is 14.8. The summed E-state index contributed by atoms with van der Waals surface area (Å²) in [5.41, 5.74) is 4.13. The number of para-hydroxylation sites is 1. The Morgan fingerprint density at radius 3 is 2.35 bits per heavy atom. The van der Waals surface area contributed by atoms with Gasteiger partial charge in [0.05, 0.1) is 23.1 Å². The Morgan fingerprint density at radius 1 is 1.00 bits per heavy atom. The Balaban J connectivity index is 1.33. The Hall–Kier alpha value is -3.06. The second-order valence-electron chi connectivity index (χ2n) is 7.97. The fourth-order valence-corrected chi connectivity index (χ4v) is 4.07. The van der Waals surface area contributed by atoms with Crippen molar-refractivity contribution in [2.24, 2.45) is 0 Å². The topological polar surface area (TPSA) is 41.4 Å². The minimum absolute atomic E-state index is 0.0759. The summed E-state index contributed by atoms with van der Waals surface area (Å²) in [6.45, 7) is 7.42. The molecule has 2 aromatic carbocycles. The van der Waals surface area contributed by atoms with Crippen LogP contribution >= 0.6 is 0 Å². The molecular weight excluding hydrogens is 398 g/mol. The molecule has 1 aliphatic heterocycles. The first-order valence-electron chi connectivity index (χ1n) is 10.5. The fraction of sp³-hybridized carbons (Fsp3) is 0.333. The molecule has 0 atom stereocenters. The summed E-state index contributed by atoms with van der Waals surface area (Å²) < 4.78 is 28.8. The van der Waals surface area contributed by atoms with Crippen molar-refractivity contribution in [1.29, 1.82) is 0 Å². The van der Waals surface area contributed by atoms with Crippen molar-refractivity contribution in [3.05, 3.63) is 77.1 Å². The third-order valence-corrected chi connectivity index (χ3v) is 5.89. The molecule has 3 aromatic rings. The molecule has 2 heterocycles. The molecule has 0 aliphatic carbocycles. The molecule has 0 amide bonds. The fourth-order valence-electron chi connectivity index (χ4n) is 4.07. The first-order valence-corrected chi connectivity index (χ1v) is 10.5. The van der Waals surface area contributed by atoms with Crippen molar-refractivity contribution in [2.45, 2.75) is 20.3 Å². The Kier molecular flexibility index (Phi) is 6.13. The number of rotatable bonds is 6. The van der Waals surface area contributed by atoms with Crippen LogP contribution in [0.2, 0.25) is 0 Å². The number of carbonyl (C=O) groups excluding carboxylic acids is 1. The van der Waals surface area contributed by atoms with Crippen LogP contribution in [0.4, 0.5) is 14.5 Å². The van der Waals surface area contributed by atoms with Crippen molar-refractivity contribution in [3.63, 3.8) is 0 Å². The van der Waals surface area contributed by atoms with Crippen LogP contribution in [0.25, 0.3) is 5.69 Å². The molecule has 0 saturated carbocycles. The van der Waals surface area contributed by atoms with E-state index in [1.54, 1.807) is 6.20 Å². The highest BCUT2D eigenvalue weighted by atomic mass is 19.1. The molecule has 1 fully saturated rings. The first-order chi connectivity index (χ1) is 14.9. The van der Waals surface area contributed by atoms with Crippen LogP contribution in [0.5, 0.6) is 0 Å². The zero-order valence-electron chi connectivity index (χ0n) is 17.8. The van der Waals surface area contributed by atoms with Gasteiger partial charge in [0.1, 0.15) is 11.6 Å². The van der Waals surface area contributed by atoms with E-state index in [0.717, 1.165) is 36.1 Å². The Bertz CT molecular complexity index is 1070. The van der Waals surface area contributed by atoms with Gasteiger partial charge in [0, 0.05) is 50.9 Å². The number of hydrogen-bond donors (Lipinski definition) is 0. The maximum Gasteiger partial charge on any atom is 0.167 e. The van der Waals surface area contributed by atoms with Gasteiger partial charge in [0.25, 0.3) is 0 Å². The van der Waals surface area contributed by atoms with Crippen LogP contribution < -0.4 is 4.90 Å². The van der Waals surface area contributed by atoms with Gasteiger partial charge in [-0.05, 0) is 37.6 Å². The zero-order valence-corrected chi connectivity index (χ0v) is 17.8. The molecule has 0 spiro atoms. The molecule has 1 aliphatic rings. The number of carbonyl (C=O) groups is 1. The average molecular weight is 424 g/mol. The second-order valence-corrected chi connectivity index (χ2v) is 7.97. The van der Waals surface area contributed by atoms with E-state index in [1.165, 1.54) is 12.1 Å². The molecule has 0 bridgehead atoms. The molecule has 0 unspecified atom stereocenters. The lowest BCUT2D eigenvalue weighted by atomic mass is 10.1. The van der Waals surface area contributed by atoms with E-state index in [9.17, 15) is 13.6 Å². The minimum atomic E-state index is -0.565. The highest BCUT2D eigenvalue weighted by molar-refractivity contribution is 5.97. The van der Waals surface area contributed by atoms with Gasteiger partial charge in [0.2, 0.25) is 0 Å². The van der Waals surface area contributed by atoms with Crippen LogP contribution in [0, 0.1) is 25.5 Å². The molecule has 0 N–H and O–H groups in total. The van der Waals surface area contributed by atoms with Gasteiger partial charge in [0.15, 0.2) is 5.78 Å². The number of ketones is 1. The van der Waals surface area contributed by atoms with Gasteiger partial charge in [-0.2, -0.15) is 5.10 Å². The summed E-state index contributed by atoms with van der Waals surface area (Å²) in [6, 6.07) is 11.6. The zero-order chi connectivity index (χ0) is 22.0. The van der Waals surface area contributed by atoms with Gasteiger partial charge in [-0.1, -0.05) is 18.2 Å². The van der Waals surface area contributed by atoms with Gasteiger partial charge < -0.3 is 4.90 Å². The number of aryl methyl sites for hydroxylation is 1. The third-order valence-electron chi connectivity index (χ3n) is 5.89. The van der Waals surface area contributed by atoms with E-state index in [2.05, 4.69) is 10.00 Å². The van der Waals surface area contributed by atoms with Gasteiger partial charge in [-0.25, -0.2) is 13.5 Å². The number of benzene rings is 2. The van der Waals surface area contributed by atoms with E-state index < -0.39 is 11.6 Å². The summed E-state index contributed by atoms with van der Waals surface area (Å²) >= 11 is 0. The number of piperazine rings is 1. The van der Waals surface area contributed by atoms with Crippen molar-refractivity contribution in [2.75, 3.05) is 37.6 Å². The molecule has 162 valence electrons. The van der Waals surface area contributed by atoms with Crippen molar-refractivity contribution in [3.8, 4) is 5.69 Å². The highest BCUT2D eigenvalue weighted by Gasteiger charge is 2.21. The lowest BCUT2D eigenvalue weighted by molar-refractivity contribution is 0.0962. The van der Waals surface area contributed by atoms with Crippen LogP contribution in [0.1, 0.15) is 28.0 Å². The van der Waals surface area contributed by atoms with Crippen LogP contribution in [-0.4, -0.2) is 53.2 Å². The maximum atomic E-state index is 13.5. The number of halogens is 2.